The van der Waals surface area contributed by atoms with E-state index in [4.69, 9.17) is 11.6 Å². The highest BCUT2D eigenvalue weighted by molar-refractivity contribution is 7.92. The number of hydrogen-bond donors (Lipinski definition) is 2. The second kappa shape index (κ2) is 6.93. The Morgan fingerprint density at radius 1 is 1.12 bits per heavy atom. The van der Waals surface area contributed by atoms with Crippen LogP contribution in [0.3, 0.4) is 0 Å². The molecule has 0 saturated carbocycles. The molecule has 2 N–H and O–H groups in total. The molecule has 2 amide bonds. The lowest BCUT2D eigenvalue weighted by Gasteiger charge is -2.29. The lowest BCUT2D eigenvalue weighted by molar-refractivity contribution is 0.262. The second-order valence-electron chi connectivity index (χ2n) is 5.87. The molecule has 1 aliphatic heterocycles. The molecule has 2 aromatic carbocycles. The molecule has 0 spiro atoms. The van der Waals surface area contributed by atoms with Gasteiger partial charge in [0.05, 0.1) is 11.9 Å². The van der Waals surface area contributed by atoms with Crippen molar-refractivity contribution in [2.45, 2.75) is 12.8 Å². The van der Waals surface area contributed by atoms with Crippen LogP contribution in [-0.4, -0.2) is 27.2 Å². The van der Waals surface area contributed by atoms with E-state index >= 15 is 0 Å². The number of anilines is 3. The van der Waals surface area contributed by atoms with Gasteiger partial charge in [-0.2, -0.15) is 0 Å². The van der Waals surface area contributed by atoms with Crippen molar-refractivity contribution in [2.75, 3.05) is 27.7 Å². The SMILES string of the molecule is CS(=O)(=O)N1CCCc2cc(NC(=O)Nc3cccc(Cl)c3)ccc21. The fourth-order valence-corrected chi connectivity index (χ4v) is 4.03. The lowest BCUT2D eigenvalue weighted by Crippen LogP contribution is -2.34. The van der Waals surface area contributed by atoms with E-state index in [9.17, 15) is 13.2 Å². The van der Waals surface area contributed by atoms with Crippen molar-refractivity contribution in [2.24, 2.45) is 0 Å². The minimum atomic E-state index is -3.30. The van der Waals surface area contributed by atoms with Crippen molar-refractivity contribution < 1.29 is 13.2 Å². The summed E-state index contributed by atoms with van der Waals surface area (Å²) in [6.07, 6.45) is 2.72. The van der Waals surface area contributed by atoms with Crippen LogP contribution in [0.15, 0.2) is 42.5 Å². The third-order valence-electron chi connectivity index (χ3n) is 3.90. The van der Waals surface area contributed by atoms with E-state index in [0.29, 0.717) is 28.6 Å². The first kappa shape index (κ1) is 17.6. The first-order valence-electron chi connectivity index (χ1n) is 7.77. The molecule has 0 bridgehead atoms. The Bertz CT molecular complexity index is 915. The summed E-state index contributed by atoms with van der Waals surface area (Å²) in [6.45, 7) is 0.480. The van der Waals surface area contributed by atoms with E-state index in [2.05, 4.69) is 10.6 Å². The summed E-state index contributed by atoms with van der Waals surface area (Å²) in [4.78, 5) is 12.1. The van der Waals surface area contributed by atoms with Crippen molar-refractivity contribution in [1.82, 2.24) is 0 Å². The van der Waals surface area contributed by atoms with Gasteiger partial charge in [-0.25, -0.2) is 13.2 Å². The van der Waals surface area contributed by atoms with Gasteiger partial charge in [0.25, 0.3) is 0 Å². The Hall–Kier alpha value is -2.25. The standard InChI is InChI=1S/C17H18ClN3O3S/c1-25(23,24)21-9-3-4-12-10-15(7-8-16(12)21)20-17(22)19-14-6-2-5-13(18)11-14/h2,5-8,10-11H,3-4,9H2,1H3,(H2,19,20,22). The zero-order chi connectivity index (χ0) is 18.0. The summed E-state index contributed by atoms with van der Waals surface area (Å²) in [5.41, 5.74) is 2.77. The molecule has 132 valence electrons. The summed E-state index contributed by atoms with van der Waals surface area (Å²) < 4.78 is 25.2. The Labute approximate surface area is 151 Å². The summed E-state index contributed by atoms with van der Waals surface area (Å²) in [7, 11) is -3.30. The number of sulfonamides is 1. The smallest absolute Gasteiger partial charge is 0.308 e. The van der Waals surface area contributed by atoms with Gasteiger partial charge < -0.3 is 10.6 Å². The summed E-state index contributed by atoms with van der Waals surface area (Å²) in [5, 5.41) is 5.99. The lowest BCUT2D eigenvalue weighted by atomic mass is 10.0. The van der Waals surface area contributed by atoms with E-state index in [1.54, 1.807) is 36.4 Å². The van der Waals surface area contributed by atoms with Gasteiger partial charge in [-0.05, 0) is 54.8 Å². The highest BCUT2D eigenvalue weighted by Crippen LogP contribution is 2.31. The third-order valence-corrected chi connectivity index (χ3v) is 5.31. The van der Waals surface area contributed by atoms with Crippen LogP contribution in [0.2, 0.25) is 5.02 Å². The zero-order valence-corrected chi connectivity index (χ0v) is 15.2. The Balaban J connectivity index is 1.75. The van der Waals surface area contributed by atoms with Gasteiger partial charge in [0, 0.05) is 22.9 Å². The quantitative estimate of drug-likeness (QED) is 0.853. The molecule has 1 heterocycles. The van der Waals surface area contributed by atoms with Gasteiger partial charge in [0.2, 0.25) is 10.0 Å². The maximum atomic E-state index is 12.1. The highest BCUT2D eigenvalue weighted by Gasteiger charge is 2.24. The van der Waals surface area contributed by atoms with E-state index in [1.807, 2.05) is 6.07 Å². The molecule has 0 atom stereocenters. The average Bonchev–Trinajstić information content (AvgIpc) is 2.53. The molecule has 6 nitrogen and oxygen atoms in total. The van der Waals surface area contributed by atoms with Gasteiger partial charge in [-0.1, -0.05) is 17.7 Å². The number of nitrogens with one attached hydrogen (secondary N) is 2. The number of carbonyl (C=O) groups is 1. The first-order chi connectivity index (χ1) is 11.8. The molecule has 2 aromatic rings. The van der Waals surface area contributed by atoms with Gasteiger partial charge in [-0.3, -0.25) is 4.31 Å². The predicted octanol–water partition coefficient (Wildman–Crippen LogP) is 3.70. The zero-order valence-electron chi connectivity index (χ0n) is 13.6. The van der Waals surface area contributed by atoms with Crippen molar-refractivity contribution in [3.8, 4) is 0 Å². The maximum absolute atomic E-state index is 12.1. The summed E-state index contributed by atoms with van der Waals surface area (Å²) in [5.74, 6) is 0. The molecule has 0 unspecified atom stereocenters. The van der Waals surface area contributed by atoms with Crippen molar-refractivity contribution in [3.05, 3.63) is 53.1 Å². The van der Waals surface area contributed by atoms with Crippen LogP contribution < -0.4 is 14.9 Å². The molecule has 25 heavy (non-hydrogen) atoms. The largest absolute Gasteiger partial charge is 0.323 e. The molecule has 0 aromatic heterocycles. The number of nitrogens with zero attached hydrogens (tertiary/aromatic N) is 1. The molecule has 8 heteroatoms. The van der Waals surface area contributed by atoms with Crippen molar-refractivity contribution in [1.29, 1.82) is 0 Å². The number of halogens is 1. The summed E-state index contributed by atoms with van der Waals surface area (Å²) >= 11 is 5.89. The van der Waals surface area contributed by atoms with Gasteiger partial charge in [-0.15, -0.1) is 0 Å². The second-order valence-corrected chi connectivity index (χ2v) is 8.21. The molecule has 0 aliphatic carbocycles. The average molecular weight is 380 g/mol. The molecule has 1 aliphatic rings. The maximum Gasteiger partial charge on any atom is 0.323 e. The van der Waals surface area contributed by atoms with E-state index in [-0.39, 0.29) is 0 Å². The van der Waals surface area contributed by atoms with Crippen LogP contribution in [0.4, 0.5) is 21.9 Å². The number of rotatable bonds is 3. The minimum absolute atomic E-state index is 0.391. The van der Waals surface area contributed by atoms with Crippen molar-refractivity contribution >= 4 is 44.7 Å². The van der Waals surface area contributed by atoms with Crippen LogP contribution >= 0.6 is 11.6 Å². The predicted molar refractivity (Wildman–Crippen MR) is 101 cm³/mol. The van der Waals surface area contributed by atoms with Crippen LogP contribution in [0.25, 0.3) is 0 Å². The highest BCUT2D eigenvalue weighted by atomic mass is 35.5. The van der Waals surface area contributed by atoms with Crippen molar-refractivity contribution in [3.63, 3.8) is 0 Å². The first-order valence-corrected chi connectivity index (χ1v) is 10.00. The third kappa shape index (κ3) is 4.24. The number of aryl methyl sites for hydroxylation is 1. The van der Waals surface area contributed by atoms with Crippen LogP contribution in [-0.2, 0) is 16.4 Å². The number of fused-ring (bicyclic) bond motifs is 1. The van der Waals surface area contributed by atoms with Crippen LogP contribution in [0.1, 0.15) is 12.0 Å². The number of benzene rings is 2. The molecular weight excluding hydrogens is 362 g/mol. The fraction of sp³-hybridized carbons (Fsp3) is 0.235. The van der Waals surface area contributed by atoms with Crippen LogP contribution in [0, 0.1) is 0 Å². The van der Waals surface area contributed by atoms with Crippen LogP contribution in [0.5, 0.6) is 0 Å². The molecule has 0 saturated heterocycles. The summed E-state index contributed by atoms with van der Waals surface area (Å²) in [6, 6.07) is 11.7. The van der Waals surface area contributed by atoms with E-state index in [1.165, 1.54) is 10.6 Å². The topological polar surface area (TPSA) is 78.5 Å². The Morgan fingerprint density at radius 3 is 2.52 bits per heavy atom. The molecular formula is C17H18ClN3O3S. The number of amides is 2. The van der Waals surface area contributed by atoms with E-state index < -0.39 is 16.1 Å². The number of carbonyl (C=O) groups excluding carboxylic acids is 1. The minimum Gasteiger partial charge on any atom is -0.308 e. The Morgan fingerprint density at radius 2 is 1.84 bits per heavy atom. The Kier molecular flexibility index (Phi) is 4.87. The van der Waals surface area contributed by atoms with Gasteiger partial charge in [0.1, 0.15) is 0 Å². The molecule has 0 radical (unpaired) electrons. The number of hydrogen-bond acceptors (Lipinski definition) is 3. The fourth-order valence-electron chi connectivity index (χ4n) is 2.84. The molecule has 3 rings (SSSR count). The normalized spacial score (nSPS) is 13.9. The van der Waals surface area contributed by atoms with Gasteiger partial charge in [0.15, 0.2) is 0 Å². The molecule has 0 fully saturated rings. The van der Waals surface area contributed by atoms with E-state index in [0.717, 1.165) is 18.4 Å². The van der Waals surface area contributed by atoms with Gasteiger partial charge >= 0.3 is 6.03 Å². The number of urea groups is 1. The monoisotopic (exact) mass is 379 g/mol.